The molecule has 1 heterocycles. The van der Waals surface area contributed by atoms with Gasteiger partial charge in [-0.25, -0.2) is 0 Å². The second kappa shape index (κ2) is 8.87. The van der Waals surface area contributed by atoms with Crippen molar-refractivity contribution in [2.24, 2.45) is 0 Å². The number of imide groups is 1. The first-order valence-corrected chi connectivity index (χ1v) is 9.48. The number of amides is 2. The van der Waals surface area contributed by atoms with E-state index in [1.54, 1.807) is 12.1 Å². The molecule has 3 rings (SSSR count). The fraction of sp³-hybridized carbons (Fsp3) is 0.200. The van der Waals surface area contributed by atoms with Gasteiger partial charge >= 0.3 is 0 Å². The van der Waals surface area contributed by atoms with Gasteiger partial charge in [0, 0.05) is 24.3 Å². The second-order valence-electron chi connectivity index (χ2n) is 6.14. The molecular formula is C20H18N2O7S. The summed E-state index contributed by atoms with van der Waals surface area (Å²) in [6.45, 7) is 0.0108. The first-order chi connectivity index (χ1) is 14.4. The fourth-order valence-electron chi connectivity index (χ4n) is 2.85. The van der Waals surface area contributed by atoms with Gasteiger partial charge in [-0.05, 0) is 23.4 Å². The van der Waals surface area contributed by atoms with Gasteiger partial charge < -0.3 is 14.2 Å². The van der Waals surface area contributed by atoms with Crippen LogP contribution in [-0.2, 0) is 11.3 Å². The highest BCUT2D eigenvalue weighted by molar-refractivity contribution is 8.18. The molecular weight excluding hydrogens is 412 g/mol. The zero-order valence-corrected chi connectivity index (χ0v) is 17.2. The molecule has 9 nitrogen and oxygen atoms in total. The largest absolute Gasteiger partial charge is 0.496 e. The summed E-state index contributed by atoms with van der Waals surface area (Å²) in [5.74, 6) is 0.900. The third-order valence-corrected chi connectivity index (χ3v) is 5.30. The molecule has 156 valence electrons. The molecule has 0 aliphatic carbocycles. The van der Waals surface area contributed by atoms with Crippen molar-refractivity contribution in [3.8, 4) is 17.2 Å². The van der Waals surface area contributed by atoms with E-state index < -0.39 is 16.1 Å². The lowest BCUT2D eigenvalue weighted by Crippen LogP contribution is -2.27. The number of hydrogen-bond donors (Lipinski definition) is 0. The minimum absolute atomic E-state index is 0.0108. The summed E-state index contributed by atoms with van der Waals surface area (Å²) in [5, 5.41) is 10.3. The van der Waals surface area contributed by atoms with Crippen molar-refractivity contribution in [1.29, 1.82) is 0 Å². The molecule has 0 bridgehead atoms. The van der Waals surface area contributed by atoms with E-state index in [9.17, 15) is 19.7 Å². The van der Waals surface area contributed by atoms with Crippen LogP contribution in [0.1, 0.15) is 11.1 Å². The monoisotopic (exact) mass is 430 g/mol. The van der Waals surface area contributed by atoms with E-state index in [0.717, 1.165) is 16.7 Å². The molecule has 10 heteroatoms. The van der Waals surface area contributed by atoms with E-state index in [1.807, 2.05) is 0 Å². The number of methoxy groups -OCH3 is 3. The van der Waals surface area contributed by atoms with Gasteiger partial charge in [-0.15, -0.1) is 0 Å². The predicted octanol–water partition coefficient (Wildman–Crippen LogP) is 3.86. The van der Waals surface area contributed by atoms with Crippen LogP contribution in [0.3, 0.4) is 0 Å². The van der Waals surface area contributed by atoms with Crippen molar-refractivity contribution in [3.05, 3.63) is 62.5 Å². The number of hydrogen-bond acceptors (Lipinski definition) is 8. The van der Waals surface area contributed by atoms with Gasteiger partial charge in [-0.2, -0.15) is 0 Å². The molecule has 0 unspecified atom stereocenters. The fourth-order valence-corrected chi connectivity index (χ4v) is 3.67. The third-order valence-electron chi connectivity index (χ3n) is 4.39. The minimum atomic E-state index is -0.512. The lowest BCUT2D eigenvalue weighted by atomic mass is 10.1. The first-order valence-electron chi connectivity index (χ1n) is 8.66. The molecule has 1 aliphatic heterocycles. The van der Waals surface area contributed by atoms with Crippen molar-refractivity contribution < 1.29 is 28.7 Å². The highest BCUT2D eigenvalue weighted by atomic mass is 32.2. The summed E-state index contributed by atoms with van der Waals surface area (Å²) in [5.41, 5.74) is 1.04. The van der Waals surface area contributed by atoms with Gasteiger partial charge in [0.05, 0.1) is 43.3 Å². The van der Waals surface area contributed by atoms with Crippen LogP contribution in [0.5, 0.6) is 17.2 Å². The van der Waals surface area contributed by atoms with Crippen molar-refractivity contribution in [3.63, 3.8) is 0 Å². The molecule has 0 atom stereocenters. The Balaban J connectivity index is 1.89. The maximum Gasteiger partial charge on any atom is 0.293 e. The maximum absolute atomic E-state index is 12.8. The molecule has 2 amide bonds. The number of carbonyl (C=O) groups is 2. The predicted molar refractivity (Wildman–Crippen MR) is 111 cm³/mol. The van der Waals surface area contributed by atoms with Crippen LogP contribution in [0.25, 0.3) is 6.08 Å². The van der Waals surface area contributed by atoms with E-state index in [4.69, 9.17) is 14.2 Å². The van der Waals surface area contributed by atoms with Crippen LogP contribution in [0.4, 0.5) is 10.5 Å². The SMILES string of the molecule is COc1cc(OC)c(/C=C2/SC(=O)N(Cc3ccc([N+](=O)[O-])cc3)C2=O)c(OC)c1. The average molecular weight is 430 g/mol. The Labute approximate surface area is 176 Å². The molecule has 2 aromatic carbocycles. The van der Waals surface area contributed by atoms with Crippen molar-refractivity contribution >= 4 is 34.7 Å². The van der Waals surface area contributed by atoms with E-state index in [0.29, 0.717) is 28.4 Å². The quantitative estimate of drug-likeness (QED) is 0.370. The van der Waals surface area contributed by atoms with E-state index in [-0.39, 0.29) is 17.1 Å². The second-order valence-corrected chi connectivity index (χ2v) is 7.13. The number of nitro groups is 1. The average Bonchev–Trinajstić information content (AvgIpc) is 3.01. The van der Waals surface area contributed by atoms with Crippen LogP contribution < -0.4 is 14.2 Å². The molecule has 0 aromatic heterocycles. The number of nitro benzene ring substituents is 1. The van der Waals surface area contributed by atoms with E-state index in [2.05, 4.69) is 0 Å². The lowest BCUT2D eigenvalue weighted by molar-refractivity contribution is -0.384. The Morgan fingerprint density at radius 2 is 1.63 bits per heavy atom. The summed E-state index contributed by atoms with van der Waals surface area (Å²) in [6.07, 6.45) is 1.54. The standard InChI is InChI=1S/C20H18N2O7S/c1-27-14-8-16(28-2)15(17(9-14)29-3)10-18-19(23)21(20(24)30-18)11-12-4-6-13(7-5-12)22(25)26/h4-10H,11H2,1-3H3/b18-10+. The van der Waals surface area contributed by atoms with Gasteiger partial charge in [0.25, 0.3) is 16.8 Å². The molecule has 0 radical (unpaired) electrons. The number of carbonyl (C=O) groups excluding carboxylic acids is 2. The van der Waals surface area contributed by atoms with Gasteiger partial charge in [0.15, 0.2) is 0 Å². The normalized spacial score (nSPS) is 14.9. The Morgan fingerprint density at radius 3 is 2.13 bits per heavy atom. The molecule has 0 saturated carbocycles. The van der Waals surface area contributed by atoms with Gasteiger partial charge in [0.1, 0.15) is 17.2 Å². The third kappa shape index (κ3) is 4.23. The van der Waals surface area contributed by atoms with Crippen molar-refractivity contribution in [1.82, 2.24) is 4.90 Å². The molecule has 2 aromatic rings. The molecule has 0 N–H and O–H groups in total. The van der Waals surface area contributed by atoms with Gasteiger partial charge in [-0.1, -0.05) is 12.1 Å². The first kappa shape index (κ1) is 21.2. The summed E-state index contributed by atoms with van der Waals surface area (Å²) >= 11 is 0.800. The Morgan fingerprint density at radius 1 is 1.03 bits per heavy atom. The van der Waals surface area contributed by atoms with Crippen molar-refractivity contribution in [2.45, 2.75) is 6.54 Å². The van der Waals surface area contributed by atoms with Gasteiger partial charge in [0.2, 0.25) is 0 Å². The highest BCUT2D eigenvalue weighted by Gasteiger charge is 2.35. The molecule has 1 aliphatic rings. The molecule has 30 heavy (non-hydrogen) atoms. The summed E-state index contributed by atoms with van der Waals surface area (Å²) in [4.78, 5) is 36.8. The van der Waals surface area contributed by atoms with Gasteiger partial charge in [-0.3, -0.25) is 24.6 Å². The maximum atomic E-state index is 12.8. The van der Waals surface area contributed by atoms with E-state index in [1.165, 1.54) is 51.7 Å². The minimum Gasteiger partial charge on any atom is -0.496 e. The van der Waals surface area contributed by atoms with Crippen LogP contribution in [0.15, 0.2) is 41.3 Å². The Bertz CT molecular complexity index is 1010. The zero-order valence-electron chi connectivity index (χ0n) is 16.4. The number of nitrogens with zero attached hydrogens (tertiary/aromatic N) is 2. The summed E-state index contributed by atoms with van der Waals surface area (Å²) in [7, 11) is 4.47. The molecule has 1 fully saturated rings. The van der Waals surface area contributed by atoms with Crippen molar-refractivity contribution in [2.75, 3.05) is 21.3 Å². The number of ether oxygens (including phenoxy) is 3. The smallest absolute Gasteiger partial charge is 0.293 e. The summed E-state index contributed by atoms with van der Waals surface area (Å²) in [6, 6.07) is 8.99. The molecule has 1 saturated heterocycles. The highest BCUT2D eigenvalue weighted by Crippen LogP contribution is 2.40. The summed E-state index contributed by atoms with van der Waals surface area (Å²) < 4.78 is 16.0. The topological polar surface area (TPSA) is 108 Å². The Hall–Kier alpha value is -3.53. The lowest BCUT2D eigenvalue weighted by Gasteiger charge is -2.13. The van der Waals surface area contributed by atoms with Crippen LogP contribution >= 0.6 is 11.8 Å². The van der Waals surface area contributed by atoms with Crippen LogP contribution in [0, 0.1) is 10.1 Å². The van der Waals surface area contributed by atoms with Crippen LogP contribution in [-0.4, -0.2) is 42.3 Å². The van der Waals surface area contributed by atoms with E-state index >= 15 is 0 Å². The number of non-ortho nitro benzene ring substituents is 1. The number of rotatable bonds is 7. The van der Waals surface area contributed by atoms with Crippen LogP contribution in [0.2, 0.25) is 0 Å². The number of thioether (sulfide) groups is 1. The molecule has 0 spiro atoms. The Kier molecular flexibility index (Phi) is 6.26. The number of benzene rings is 2. The zero-order chi connectivity index (χ0) is 21.8.